The van der Waals surface area contributed by atoms with Gasteiger partial charge in [-0.3, -0.25) is 0 Å². The summed E-state index contributed by atoms with van der Waals surface area (Å²) in [6, 6.07) is 31.8. The highest BCUT2D eigenvalue weighted by molar-refractivity contribution is 6.22. The van der Waals surface area contributed by atoms with Crippen LogP contribution in [0.1, 0.15) is 9.60 Å². The van der Waals surface area contributed by atoms with Gasteiger partial charge in [-0.1, -0.05) is 115 Å². The van der Waals surface area contributed by atoms with Gasteiger partial charge in [0.15, 0.2) is 0 Å². The maximum absolute atomic E-state index is 9.33. The van der Waals surface area contributed by atoms with Crippen LogP contribution in [-0.4, -0.2) is 0 Å². The third-order valence-electron chi connectivity index (χ3n) is 8.06. The zero-order valence-electron chi connectivity index (χ0n) is 28.7. The zero-order chi connectivity index (χ0) is 33.0. The predicted molar refractivity (Wildman–Crippen MR) is 175 cm³/mol. The molecule has 0 aliphatic carbocycles. The summed E-state index contributed by atoms with van der Waals surface area (Å²) in [5.74, 6) is 0. The average Bonchev–Trinajstić information content (AvgIpc) is 3.46. The molecule has 9 rings (SSSR count). The second kappa shape index (κ2) is 8.55. The Balaban J connectivity index is 1.40. The van der Waals surface area contributed by atoms with E-state index in [0.29, 0.717) is 5.56 Å². The number of hydrogen-bond acceptors (Lipinski definition) is 1. The molecule has 0 bridgehead atoms. The molecule has 0 aliphatic rings. The molecule has 1 heteroatoms. The van der Waals surface area contributed by atoms with E-state index in [1.54, 1.807) is 0 Å². The van der Waals surface area contributed by atoms with Gasteiger partial charge in [0.25, 0.3) is 0 Å². The Labute approximate surface area is 246 Å². The van der Waals surface area contributed by atoms with Gasteiger partial charge in [0.1, 0.15) is 11.2 Å². The monoisotopic (exact) mass is 527 g/mol. The summed E-state index contributed by atoms with van der Waals surface area (Å²) in [5.41, 5.74) is 4.31. The lowest BCUT2D eigenvalue weighted by Crippen LogP contribution is -1.91. The molecule has 0 spiro atoms. The first kappa shape index (κ1) is 16.6. The Morgan fingerprint density at radius 2 is 1.00 bits per heavy atom. The fourth-order valence-electron chi connectivity index (χ4n) is 6.23. The van der Waals surface area contributed by atoms with Crippen LogP contribution in [0.2, 0.25) is 0 Å². The van der Waals surface area contributed by atoms with Gasteiger partial charge in [-0.15, -0.1) is 0 Å². The Kier molecular flexibility index (Phi) is 3.47. The fourth-order valence-corrected chi connectivity index (χ4v) is 6.23. The Morgan fingerprint density at radius 1 is 0.415 bits per heavy atom. The van der Waals surface area contributed by atoms with Crippen LogP contribution in [0.25, 0.3) is 87.3 Å². The van der Waals surface area contributed by atoms with Crippen LogP contribution < -0.4 is 0 Å². The van der Waals surface area contributed by atoms with Crippen molar-refractivity contribution in [2.75, 3.05) is 0 Å². The van der Waals surface area contributed by atoms with E-state index in [1.165, 1.54) is 0 Å². The number of furan rings is 1. The smallest absolute Gasteiger partial charge is 0.136 e. The van der Waals surface area contributed by atoms with Gasteiger partial charge < -0.3 is 4.42 Å². The fraction of sp³-hybridized carbons (Fsp3) is 0. The molecular weight excluding hydrogens is 496 g/mol. The van der Waals surface area contributed by atoms with Crippen molar-refractivity contribution in [3.8, 4) is 22.3 Å². The first-order valence-electron chi connectivity index (χ1n) is 17.0. The molecule has 9 aromatic rings. The highest BCUT2D eigenvalue weighted by Crippen LogP contribution is 2.45. The quantitative estimate of drug-likeness (QED) is 0.204. The van der Waals surface area contributed by atoms with Gasteiger partial charge in [-0.05, 0) is 95.7 Å². The molecule has 0 atom stereocenters. The molecule has 8 aromatic carbocycles. The summed E-state index contributed by atoms with van der Waals surface area (Å²) in [6.07, 6.45) is 0. The molecule has 41 heavy (non-hydrogen) atoms. The summed E-state index contributed by atoms with van der Waals surface area (Å²) < 4.78 is 67.3. The van der Waals surface area contributed by atoms with Crippen LogP contribution in [-0.2, 0) is 0 Å². The number of benzene rings is 8. The molecule has 1 nitrogen and oxygen atoms in total. The van der Waals surface area contributed by atoms with Crippen molar-refractivity contribution >= 4 is 65.0 Å². The van der Waals surface area contributed by atoms with Crippen LogP contribution in [0.4, 0.5) is 0 Å². The summed E-state index contributed by atoms with van der Waals surface area (Å²) >= 11 is 0. The van der Waals surface area contributed by atoms with Crippen LogP contribution in [0, 0.1) is 0 Å². The average molecular weight is 528 g/mol. The third kappa shape index (κ3) is 3.36. The van der Waals surface area contributed by atoms with E-state index in [-0.39, 0.29) is 40.5 Å². The lowest BCUT2D eigenvalue weighted by atomic mass is 9.85. The van der Waals surface area contributed by atoms with Gasteiger partial charge in [-0.25, -0.2) is 0 Å². The largest absolute Gasteiger partial charge is 0.456 e. The minimum Gasteiger partial charge on any atom is -0.456 e. The Bertz CT molecular complexity index is 2810. The molecule has 0 saturated carbocycles. The highest BCUT2D eigenvalue weighted by Gasteiger charge is 2.18. The lowest BCUT2D eigenvalue weighted by molar-refractivity contribution is 0.669. The first-order chi connectivity index (χ1) is 23.2. The molecule has 1 aromatic heterocycles. The maximum Gasteiger partial charge on any atom is 0.136 e. The molecular formula is C40H24O. The van der Waals surface area contributed by atoms with Crippen molar-refractivity contribution in [2.45, 2.75) is 0 Å². The van der Waals surface area contributed by atoms with Crippen LogP contribution >= 0.6 is 0 Å². The van der Waals surface area contributed by atoms with Gasteiger partial charge in [0.05, 0.1) is 9.60 Å². The molecule has 0 unspecified atom stereocenters. The third-order valence-corrected chi connectivity index (χ3v) is 8.06. The number of hydrogen-bond donors (Lipinski definition) is 0. The zero-order valence-corrected chi connectivity index (χ0v) is 21.7. The van der Waals surface area contributed by atoms with Crippen molar-refractivity contribution in [3.05, 3.63) is 145 Å². The topological polar surface area (TPSA) is 13.1 Å². The van der Waals surface area contributed by atoms with Crippen molar-refractivity contribution in [1.29, 1.82) is 0 Å². The Morgan fingerprint density at radius 3 is 1.71 bits per heavy atom. The Hall–Kier alpha value is -5.40. The van der Waals surface area contributed by atoms with E-state index in [4.69, 9.17) is 12.6 Å². The van der Waals surface area contributed by atoms with Crippen LogP contribution in [0.15, 0.2) is 150 Å². The summed E-state index contributed by atoms with van der Waals surface area (Å²) in [7, 11) is 0. The van der Waals surface area contributed by atoms with Crippen LogP contribution in [0.5, 0.6) is 0 Å². The van der Waals surface area contributed by atoms with E-state index in [9.17, 15) is 1.37 Å². The van der Waals surface area contributed by atoms with Crippen molar-refractivity contribution < 1.29 is 14.0 Å². The van der Waals surface area contributed by atoms with Gasteiger partial charge in [0.2, 0.25) is 0 Å². The van der Waals surface area contributed by atoms with E-state index < -0.39 is 18.1 Å². The van der Waals surface area contributed by atoms with E-state index in [0.717, 1.165) is 65.4 Å². The second-order valence-electron chi connectivity index (χ2n) is 10.3. The molecule has 0 N–H and O–H groups in total. The standard InChI is InChI=1S/C40H24O/c1-2-10-26-21-29(18-17-25(26)9-1)39-31-13-5-7-15-33(31)40(34-16-8-6-14-32(34)39)30-19-20-37-35(23-30)36-22-27-11-3-4-12-28(27)24-38(36)41-37/h1-24H/i1D,2D,9D,10D,17D,18D,21D. The maximum atomic E-state index is 9.33. The minimum absolute atomic E-state index is 0.0564. The summed E-state index contributed by atoms with van der Waals surface area (Å²) in [6.45, 7) is 0. The summed E-state index contributed by atoms with van der Waals surface area (Å²) in [4.78, 5) is 0. The molecule has 0 amide bonds. The van der Waals surface area contributed by atoms with Crippen molar-refractivity contribution in [2.24, 2.45) is 0 Å². The number of rotatable bonds is 2. The molecule has 0 aliphatic heterocycles. The molecule has 0 saturated heterocycles. The van der Waals surface area contributed by atoms with Gasteiger partial charge >= 0.3 is 0 Å². The van der Waals surface area contributed by atoms with Crippen LogP contribution in [0.3, 0.4) is 0 Å². The molecule has 0 radical (unpaired) electrons. The molecule has 0 fully saturated rings. The molecule has 1 heterocycles. The van der Waals surface area contributed by atoms with Crippen molar-refractivity contribution in [3.63, 3.8) is 0 Å². The summed E-state index contributed by atoms with van der Waals surface area (Å²) in [5, 5.41) is 7.43. The van der Waals surface area contributed by atoms with E-state index in [1.807, 2.05) is 66.7 Å². The van der Waals surface area contributed by atoms with Gasteiger partial charge in [-0.2, -0.15) is 0 Å². The minimum atomic E-state index is -0.483. The predicted octanol–water partition coefficient (Wildman–Crippen LogP) is 11.5. The van der Waals surface area contributed by atoms with E-state index >= 15 is 0 Å². The van der Waals surface area contributed by atoms with Gasteiger partial charge in [0, 0.05) is 10.8 Å². The second-order valence-corrected chi connectivity index (χ2v) is 10.3. The first-order valence-corrected chi connectivity index (χ1v) is 13.5. The van der Waals surface area contributed by atoms with Crippen molar-refractivity contribution in [1.82, 2.24) is 0 Å². The highest BCUT2D eigenvalue weighted by atomic mass is 16.3. The van der Waals surface area contributed by atoms with E-state index in [2.05, 4.69) is 36.4 Å². The lowest BCUT2D eigenvalue weighted by Gasteiger charge is -2.18. The molecule has 190 valence electrons. The number of fused-ring (bicyclic) bond motifs is 7. The normalized spacial score (nSPS) is 14.3. The SMILES string of the molecule is [2H]c1c([2H])c([2H])c2c([2H])c(-c3c4ccccc4c(-c4ccc5oc6cc7ccccc7cc6c5c4)c4ccccc34)c([2H])c([2H])c2c1[2H].